The SMILES string of the molecule is COc1ccc2ccccc2c1CNCCn1cc(C(=O)Nc2ccccc2C)nn1. The lowest BCUT2D eigenvalue weighted by atomic mass is 10.0. The molecule has 0 atom stereocenters. The standard InChI is InChI=1S/C24H25N5O2/c1-17-7-3-6-10-21(17)26-24(30)22-16-29(28-27-22)14-13-25-15-20-19-9-5-4-8-18(19)11-12-23(20)31-2/h3-12,16,25H,13-15H2,1-2H3,(H,26,30). The lowest BCUT2D eigenvalue weighted by Crippen LogP contribution is -2.20. The van der Waals surface area contributed by atoms with Crippen molar-refractivity contribution in [3.8, 4) is 5.75 Å². The lowest BCUT2D eigenvalue weighted by molar-refractivity contribution is 0.102. The summed E-state index contributed by atoms with van der Waals surface area (Å²) < 4.78 is 7.21. The van der Waals surface area contributed by atoms with E-state index < -0.39 is 0 Å². The van der Waals surface area contributed by atoms with Gasteiger partial charge in [-0.25, -0.2) is 0 Å². The van der Waals surface area contributed by atoms with Gasteiger partial charge in [-0.2, -0.15) is 0 Å². The van der Waals surface area contributed by atoms with Crippen LogP contribution in [0.25, 0.3) is 10.8 Å². The maximum atomic E-state index is 12.4. The molecule has 0 fully saturated rings. The Hall–Kier alpha value is -3.71. The fourth-order valence-electron chi connectivity index (χ4n) is 3.51. The highest BCUT2D eigenvalue weighted by Crippen LogP contribution is 2.27. The van der Waals surface area contributed by atoms with Gasteiger partial charge >= 0.3 is 0 Å². The number of fused-ring (bicyclic) bond motifs is 1. The van der Waals surface area contributed by atoms with Crippen molar-refractivity contribution >= 4 is 22.4 Å². The Kier molecular flexibility index (Phi) is 6.24. The predicted octanol–water partition coefficient (Wildman–Crippen LogP) is 3.79. The first-order valence-corrected chi connectivity index (χ1v) is 10.2. The molecule has 0 radical (unpaired) electrons. The molecule has 1 heterocycles. The van der Waals surface area contributed by atoms with Crippen LogP contribution in [0.3, 0.4) is 0 Å². The van der Waals surface area contributed by atoms with Gasteiger partial charge in [-0.05, 0) is 35.4 Å². The fraction of sp³-hybridized carbons (Fsp3) is 0.208. The fourth-order valence-corrected chi connectivity index (χ4v) is 3.51. The monoisotopic (exact) mass is 415 g/mol. The highest BCUT2D eigenvalue weighted by molar-refractivity contribution is 6.03. The molecule has 2 N–H and O–H groups in total. The maximum Gasteiger partial charge on any atom is 0.277 e. The van der Waals surface area contributed by atoms with Gasteiger partial charge in [0.2, 0.25) is 0 Å². The largest absolute Gasteiger partial charge is 0.496 e. The quantitative estimate of drug-likeness (QED) is 0.428. The summed E-state index contributed by atoms with van der Waals surface area (Å²) in [4.78, 5) is 12.4. The number of nitrogens with one attached hydrogen (secondary N) is 2. The van der Waals surface area contributed by atoms with Gasteiger partial charge in [0.15, 0.2) is 5.69 Å². The highest BCUT2D eigenvalue weighted by atomic mass is 16.5. The molecule has 158 valence electrons. The number of hydrogen-bond donors (Lipinski definition) is 2. The molecule has 0 saturated heterocycles. The second kappa shape index (κ2) is 9.40. The third-order valence-corrected chi connectivity index (χ3v) is 5.20. The van der Waals surface area contributed by atoms with Crippen LogP contribution in [-0.2, 0) is 13.1 Å². The third-order valence-electron chi connectivity index (χ3n) is 5.20. The first kappa shape index (κ1) is 20.6. The molecule has 0 unspecified atom stereocenters. The number of benzene rings is 3. The van der Waals surface area contributed by atoms with E-state index in [1.165, 1.54) is 10.8 Å². The average Bonchev–Trinajstić information content (AvgIpc) is 3.27. The van der Waals surface area contributed by atoms with Crippen molar-refractivity contribution in [2.75, 3.05) is 19.0 Å². The van der Waals surface area contributed by atoms with E-state index in [1.807, 2.05) is 49.4 Å². The van der Waals surface area contributed by atoms with E-state index in [0.717, 1.165) is 22.6 Å². The molecule has 4 rings (SSSR count). The van der Waals surface area contributed by atoms with E-state index in [9.17, 15) is 4.79 Å². The summed E-state index contributed by atoms with van der Waals surface area (Å²) in [5.41, 5.74) is 3.18. The lowest BCUT2D eigenvalue weighted by Gasteiger charge is -2.13. The van der Waals surface area contributed by atoms with Crippen LogP contribution in [0, 0.1) is 6.92 Å². The Morgan fingerprint density at radius 3 is 2.71 bits per heavy atom. The van der Waals surface area contributed by atoms with Crippen molar-refractivity contribution in [3.05, 3.63) is 83.7 Å². The van der Waals surface area contributed by atoms with Crippen LogP contribution >= 0.6 is 0 Å². The molecular weight excluding hydrogens is 390 g/mol. The van der Waals surface area contributed by atoms with Crippen LogP contribution in [0.1, 0.15) is 21.6 Å². The molecule has 0 saturated carbocycles. The number of amides is 1. The number of hydrogen-bond acceptors (Lipinski definition) is 5. The number of carbonyl (C=O) groups is 1. The number of anilines is 1. The zero-order valence-corrected chi connectivity index (χ0v) is 17.6. The van der Waals surface area contributed by atoms with Crippen molar-refractivity contribution in [1.82, 2.24) is 20.3 Å². The zero-order valence-electron chi connectivity index (χ0n) is 17.6. The van der Waals surface area contributed by atoms with Gasteiger partial charge in [-0.1, -0.05) is 53.7 Å². The Balaban J connectivity index is 1.34. The maximum absolute atomic E-state index is 12.4. The second-order valence-corrected chi connectivity index (χ2v) is 7.28. The predicted molar refractivity (Wildman–Crippen MR) is 121 cm³/mol. The van der Waals surface area contributed by atoms with E-state index >= 15 is 0 Å². The van der Waals surface area contributed by atoms with Crippen molar-refractivity contribution in [2.45, 2.75) is 20.0 Å². The van der Waals surface area contributed by atoms with Crippen LogP contribution in [0.2, 0.25) is 0 Å². The molecular formula is C24H25N5O2. The average molecular weight is 415 g/mol. The van der Waals surface area contributed by atoms with Crippen LogP contribution < -0.4 is 15.4 Å². The summed E-state index contributed by atoms with van der Waals surface area (Å²) in [5.74, 6) is 0.594. The van der Waals surface area contributed by atoms with Crippen LogP contribution in [0.15, 0.2) is 66.9 Å². The van der Waals surface area contributed by atoms with Gasteiger partial charge in [-0.15, -0.1) is 5.10 Å². The Morgan fingerprint density at radius 2 is 1.87 bits per heavy atom. The summed E-state index contributed by atoms with van der Waals surface area (Å²) in [7, 11) is 1.69. The molecule has 4 aromatic rings. The van der Waals surface area contributed by atoms with E-state index in [0.29, 0.717) is 25.3 Å². The number of aromatic nitrogens is 3. The van der Waals surface area contributed by atoms with Gasteiger partial charge in [0.1, 0.15) is 5.75 Å². The number of carbonyl (C=O) groups excluding carboxylic acids is 1. The van der Waals surface area contributed by atoms with Crippen molar-refractivity contribution in [1.29, 1.82) is 0 Å². The number of para-hydroxylation sites is 1. The normalized spacial score (nSPS) is 10.9. The molecule has 1 aromatic heterocycles. The molecule has 7 nitrogen and oxygen atoms in total. The van der Waals surface area contributed by atoms with Gasteiger partial charge < -0.3 is 15.4 Å². The number of rotatable bonds is 8. The van der Waals surface area contributed by atoms with E-state index in [-0.39, 0.29) is 5.91 Å². The van der Waals surface area contributed by atoms with Gasteiger partial charge in [0.05, 0.1) is 19.9 Å². The van der Waals surface area contributed by atoms with Crippen LogP contribution in [-0.4, -0.2) is 34.6 Å². The van der Waals surface area contributed by atoms with Gasteiger partial charge in [0, 0.05) is 24.3 Å². The van der Waals surface area contributed by atoms with Crippen molar-refractivity contribution < 1.29 is 9.53 Å². The molecule has 3 aromatic carbocycles. The van der Waals surface area contributed by atoms with Crippen LogP contribution in [0.4, 0.5) is 5.69 Å². The summed E-state index contributed by atoms with van der Waals surface area (Å²) in [5, 5.41) is 16.7. The topological polar surface area (TPSA) is 81.1 Å². The molecule has 31 heavy (non-hydrogen) atoms. The smallest absolute Gasteiger partial charge is 0.277 e. The summed E-state index contributed by atoms with van der Waals surface area (Å²) in [6.07, 6.45) is 1.66. The summed E-state index contributed by atoms with van der Waals surface area (Å²) in [6.45, 7) is 3.88. The van der Waals surface area contributed by atoms with Crippen LogP contribution in [0.5, 0.6) is 5.75 Å². The molecule has 0 spiro atoms. The highest BCUT2D eigenvalue weighted by Gasteiger charge is 2.12. The Bertz CT molecular complexity index is 1200. The minimum Gasteiger partial charge on any atom is -0.496 e. The number of methoxy groups -OCH3 is 1. The second-order valence-electron chi connectivity index (χ2n) is 7.28. The van der Waals surface area contributed by atoms with Gasteiger partial charge in [0.25, 0.3) is 5.91 Å². The minimum absolute atomic E-state index is 0.269. The minimum atomic E-state index is -0.269. The first-order valence-electron chi connectivity index (χ1n) is 10.2. The zero-order chi connectivity index (χ0) is 21.6. The first-order chi connectivity index (χ1) is 15.2. The molecule has 0 bridgehead atoms. The molecule has 0 aliphatic heterocycles. The van der Waals surface area contributed by atoms with Gasteiger partial charge in [-0.3, -0.25) is 9.48 Å². The van der Waals surface area contributed by atoms with Crippen molar-refractivity contribution in [2.24, 2.45) is 0 Å². The Labute approximate surface area is 181 Å². The number of ether oxygens (including phenoxy) is 1. The Morgan fingerprint density at radius 1 is 1.06 bits per heavy atom. The van der Waals surface area contributed by atoms with E-state index in [4.69, 9.17) is 4.74 Å². The molecule has 7 heteroatoms. The number of aryl methyl sites for hydroxylation is 1. The third kappa shape index (κ3) is 4.73. The number of nitrogens with zero attached hydrogens (tertiary/aromatic N) is 3. The van der Waals surface area contributed by atoms with E-state index in [2.05, 4.69) is 39.1 Å². The van der Waals surface area contributed by atoms with Crippen molar-refractivity contribution in [3.63, 3.8) is 0 Å². The van der Waals surface area contributed by atoms with E-state index in [1.54, 1.807) is 18.0 Å². The molecule has 0 aliphatic carbocycles. The summed E-state index contributed by atoms with van der Waals surface area (Å²) in [6, 6.07) is 20.0. The molecule has 0 aliphatic rings. The summed E-state index contributed by atoms with van der Waals surface area (Å²) >= 11 is 0. The molecule has 1 amide bonds.